The van der Waals surface area contributed by atoms with Gasteiger partial charge in [-0.25, -0.2) is 4.79 Å². The summed E-state index contributed by atoms with van der Waals surface area (Å²) in [5.74, 6) is -0.718. The van der Waals surface area contributed by atoms with Crippen LogP contribution in [0.4, 0.5) is 0 Å². The van der Waals surface area contributed by atoms with E-state index in [2.05, 4.69) is 0 Å². The number of carbonyl (C=O) groups excluding carboxylic acids is 1. The highest BCUT2D eigenvalue weighted by molar-refractivity contribution is 5.89. The first-order chi connectivity index (χ1) is 48.4. The molecule has 4 fully saturated rings. The van der Waals surface area contributed by atoms with Crippen molar-refractivity contribution in [2.45, 2.75) is 145 Å². The topological polar surface area (TPSA) is 176 Å². The van der Waals surface area contributed by atoms with Gasteiger partial charge in [0, 0.05) is 5.56 Å². The van der Waals surface area contributed by atoms with Gasteiger partial charge in [-0.3, -0.25) is 0 Å². The zero-order valence-corrected chi connectivity index (χ0v) is 54.3. The monoisotopic (exact) mass is 1330 g/mol. The Labute approximate surface area is 571 Å². The van der Waals surface area contributed by atoms with Crippen molar-refractivity contribution in [1.82, 2.24) is 0 Å². The Bertz CT molecular complexity index is 3740. The van der Waals surface area contributed by atoms with Gasteiger partial charge in [0.25, 0.3) is 0 Å². The summed E-state index contributed by atoms with van der Waals surface area (Å²) in [4.78, 5) is 14.3. The molecule has 0 aromatic heterocycles. The maximum atomic E-state index is 14.3. The zero-order valence-electron chi connectivity index (χ0n) is 54.3. The van der Waals surface area contributed by atoms with Gasteiger partial charge in [0.1, 0.15) is 67.1 Å². The Morgan fingerprint density at radius 3 is 1.11 bits per heavy atom. The molecule has 508 valence electrons. The molecule has 4 aliphatic heterocycles. The van der Waals surface area contributed by atoms with Crippen molar-refractivity contribution in [3.05, 3.63) is 323 Å². The molecule has 16 atom stereocenters. The number of aliphatic hydroxyl groups excluding tert-OH is 1. The number of hydrogen-bond donors (Lipinski definition) is 1. The fourth-order valence-corrected chi connectivity index (χ4v) is 12.6. The van der Waals surface area contributed by atoms with Crippen molar-refractivity contribution in [2.75, 3.05) is 19.8 Å². The molecule has 4 heterocycles. The largest absolute Gasteiger partial charge is 0.450 e. The van der Waals surface area contributed by atoms with Crippen molar-refractivity contribution in [3.8, 4) is 0 Å². The summed E-state index contributed by atoms with van der Waals surface area (Å²) >= 11 is 0. The van der Waals surface area contributed by atoms with Crippen LogP contribution < -0.4 is 0 Å². The van der Waals surface area contributed by atoms with Gasteiger partial charge in [-0.15, -0.1) is 0 Å². The molecule has 17 heteroatoms. The average molecular weight is 1330 g/mol. The molecular weight excluding hydrogens is 1240 g/mol. The molecule has 1 unspecified atom stereocenters. The quantitative estimate of drug-likeness (QED) is 0.0420. The minimum Gasteiger partial charge on any atom is -0.450 e. The summed E-state index contributed by atoms with van der Waals surface area (Å²) in [6.07, 6.45) is -17.8. The maximum absolute atomic E-state index is 14.3. The summed E-state index contributed by atoms with van der Waals surface area (Å²) in [6, 6.07) is 86.9. The van der Waals surface area contributed by atoms with Gasteiger partial charge < -0.3 is 76.2 Å². The molecule has 98 heavy (non-hydrogen) atoms. The van der Waals surface area contributed by atoms with Crippen molar-refractivity contribution in [1.29, 1.82) is 0 Å². The van der Waals surface area contributed by atoms with Gasteiger partial charge in [0.05, 0.1) is 71.6 Å². The van der Waals surface area contributed by atoms with Gasteiger partial charge in [-0.1, -0.05) is 261 Å². The van der Waals surface area contributed by atoms with Crippen LogP contribution in [0.1, 0.15) is 61.2 Å². The van der Waals surface area contributed by atoms with E-state index < -0.39 is 104 Å². The van der Waals surface area contributed by atoms with Gasteiger partial charge in [0.2, 0.25) is 0 Å². The van der Waals surface area contributed by atoms with Crippen molar-refractivity contribution in [2.24, 2.45) is 0 Å². The number of fused-ring (bicyclic) bond motifs is 1. The summed E-state index contributed by atoms with van der Waals surface area (Å²) < 4.78 is 106. The van der Waals surface area contributed by atoms with E-state index >= 15 is 0 Å². The van der Waals surface area contributed by atoms with E-state index in [9.17, 15) is 9.90 Å². The normalized spacial score (nSPS) is 26.9. The summed E-state index contributed by atoms with van der Waals surface area (Å²) in [5, 5.41) is 12.3. The predicted octanol–water partition coefficient (Wildman–Crippen LogP) is 12.6. The highest BCUT2D eigenvalue weighted by Crippen LogP contribution is 2.42. The van der Waals surface area contributed by atoms with Crippen molar-refractivity contribution in [3.63, 3.8) is 0 Å². The van der Waals surface area contributed by atoms with Crippen molar-refractivity contribution >= 4 is 5.97 Å². The molecule has 17 nitrogen and oxygen atoms in total. The minimum absolute atomic E-state index is 0.0129. The number of aliphatic hydroxyl groups is 1. The Morgan fingerprint density at radius 2 is 0.684 bits per heavy atom. The van der Waals surface area contributed by atoms with Crippen LogP contribution in [-0.2, 0) is 117 Å². The summed E-state index contributed by atoms with van der Waals surface area (Å²) in [6.45, 7) is 0.784. The molecule has 0 spiro atoms. The lowest BCUT2D eigenvalue weighted by Gasteiger charge is -2.52. The second-order valence-corrected chi connectivity index (χ2v) is 24.6. The highest BCUT2D eigenvalue weighted by atomic mass is 16.8. The lowest BCUT2D eigenvalue weighted by Crippen LogP contribution is -2.68. The van der Waals surface area contributed by atoms with E-state index in [0.29, 0.717) is 0 Å². The average Bonchev–Trinajstić information content (AvgIpc) is 0.762. The van der Waals surface area contributed by atoms with Crippen molar-refractivity contribution < 1.29 is 81.0 Å². The lowest BCUT2D eigenvalue weighted by molar-refractivity contribution is -0.404. The SMILES string of the molecule is O=C(O[C@@H]1[C@@H](OCc2ccccc2)[C@H](O[C@@H]2O[C@H](COCc3ccccc3)[C@@H](O[C@@H]3O[C@@H]4COC(c5ccccc5)O[C@H]4[C@H](OCc4ccccc4)[C@@H]3OCc3ccccc3)[C@H](OCc3ccccc3)[C@@H]2OCc2ccccc2)[C@@H](COCc2ccccc2)O[C@H]1O)c1ccccc1. The standard InChI is InChI=1S/C81H82O17/c82-77(63-42-24-8-25-43-63)95-74-71(86-48-58-32-14-3-15-33-58)68(65(92-78(74)83)53-84-46-56-28-10-1-11-29-56)97-80-75(89-51-61-38-20-6-21-39-61)72(87-49-59-34-16-4-17-35-59)69(66(93-80)54-85-47-57-30-12-2-13-31-57)98-81-76(90-52-62-40-22-7-23-41-62)73(88-50-60-36-18-5-19-37-60)70-67(94-81)55-91-79(96-70)64-44-26-9-27-45-64/h1-45,65-76,78-81,83H,46-55H2/t65-,66-,67-,68-,69-,70-,71+,72+,73+,74-,75+,76+,78-,79?,80+,81+/m1/s1. The molecule has 1 N–H and O–H groups in total. The van der Waals surface area contributed by atoms with Crippen LogP contribution >= 0.6 is 0 Å². The van der Waals surface area contributed by atoms with Crippen LogP contribution in [0.3, 0.4) is 0 Å². The highest BCUT2D eigenvalue weighted by Gasteiger charge is 2.58. The third-order valence-corrected chi connectivity index (χ3v) is 17.6. The summed E-state index contributed by atoms with van der Waals surface area (Å²) in [5.41, 5.74) is 7.25. The first kappa shape index (κ1) is 68.4. The van der Waals surface area contributed by atoms with E-state index in [0.717, 1.165) is 44.5 Å². The Balaban J connectivity index is 0.917. The smallest absolute Gasteiger partial charge is 0.338 e. The second-order valence-electron chi connectivity index (χ2n) is 24.6. The number of esters is 1. The number of ether oxygens (including phenoxy) is 15. The molecule has 9 aromatic rings. The van der Waals surface area contributed by atoms with E-state index in [-0.39, 0.29) is 71.6 Å². The van der Waals surface area contributed by atoms with Gasteiger partial charge >= 0.3 is 5.97 Å². The van der Waals surface area contributed by atoms with Crippen LogP contribution in [0.5, 0.6) is 0 Å². The molecule has 0 radical (unpaired) electrons. The molecule has 0 saturated carbocycles. The fraction of sp³-hybridized carbons (Fsp3) is 0.321. The predicted molar refractivity (Wildman–Crippen MR) is 361 cm³/mol. The van der Waals surface area contributed by atoms with Crippen LogP contribution in [0.25, 0.3) is 0 Å². The third-order valence-electron chi connectivity index (χ3n) is 17.6. The number of benzene rings is 9. The van der Waals surface area contributed by atoms with Gasteiger partial charge in [-0.2, -0.15) is 0 Å². The first-order valence-corrected chi connectivity index (χ1v) is 33.5. The Kier molecular flexibility index (Phi) is 24.5. The van der Waals surface area contributed by atoms with E-state index in [4.69, 9.17) is 71.1 Å². The van der Waals surface area contributed by atoms with Crippen LogP contribution in [0.2, 0.25) is 0 Å². The van der Waals surface area contributed by atoms with Crippen LogP contribution in [0.15, 0.2) is 273 Å². The van der Waals surface area contributed by atoms with Crippen LogP contribution in [0, 0.1) is 0 Å². The lowest BCUT2D eigenvalue weighted by atomic mass is 9.94. The molecule has 0 bridgehead atoms. The molecule has 13 rings (SSSR count). The van der Waals surface area contributed by atoms with E-state index in [1.54, 1.807) is 30.3 Å². The first-order valence-electron chi connectivity index (χ1n) is 33.5. The molecule has 4 aliphatic rings. The number of carbonyl (C=O) groups is 1. The molecular formula is C81H82O17. The van der Waals surface area contributed by atoms with E-state index in [1.165, 1.54) is 0 Å². The molecule has 0 aliphatic carbocycles. The van der Waals surface area contributed by atoms with Gasteiger partial charge in [0.15, 0.2) is 31.3 Å². The number of rotatable bonds is 30. The van der Waals surface area contributed by atoms with Crippen LogP contribution in [-0.4, -0.2) is 123 Å². The molecule has 0 amide bonds. The third kappa shape index (κ3) is 18.4. The molecule has 9 aromatic carbocycles. The molecule has 4 saturated heterocycles. The number of hydrogen-bond acceptors (Lipinski definition) is 17. The minimum atomic E-state index is -1.72. The van der Waals surface area contributed by atoms with E-state index in [1.807, 2.05) is 243 Å². The van der Waals surface area contributed by atoms with Gasteiger partial charge in [-0.05, 0) is 51.1 Å². The Hall–Kier alpha value is -8.15. The zero-order chi connectivity index (χ0) is 66.5. The fourth-order valence-electron chi connectivity index (χ4n) is 12.6. The second kappa shape index (κ2) is 35.1. The maximum Gasteiger partial charge on any atom is 0.338 e. The Morgan fingerprint density at radius 1 is 0.347 bits per heavy atom. The summed E-state index contributed by atoms with van der Waals surface area (Å²) in [7, 11) is 0.